The minimum Gasteiger partial charge on any atom is -0.134 e. The summed E-state index contributed by atoms with van der Waals surface area (Å²) in [5.74, 6) is 1.24. The monoisotopic (exact) mass is 142 g/mol. The van der Waals surface area contributed by atoms with E-state index in [1.165, 1.54) is 18.6 Å². The van der Waals surface area contributed by atoms with E-state index in [0.29, 0.717) is 0 Å². The molecular weight excluding hydrogens is 128 g/mol. The third-order valence-electron chi connectivity index (χ3n) is 0.927. The minimum atomic E-state index is 1.24. The van der Waals surface area contributed by atoms with Crippen molar-refractivity contribution in [2.75, 3.05) is 5.75 Å². The Hall–Kier alpha value is -0.170. The average Bonchev–Trinajstić information content (AvgIpc) is 1.89. The highest BCUT2D eigenvalue weighted by molar-refractivity contribution is 8.02. The maximum Gasteiger partial charge on any atom is -0.00261 e. The van der Waals surface area contributed by atoms with Crippen molar-refractivity contribution in [1.82, 2.24) is 0 Å². The smallest absolute Gasteiger partial charge is 0.00261 e. The molecule has 0 N–H and O–H groups in total. The zero-order valence-electron chi connectivity index (χ0n) is 5.97. The molecule has 0 heterocycles. The van der Waals surface area contributed by atoms with Gasteiger partial charge in [0, 0.05) is 0 Å². The van der Waals surface area contributed by atoms with Crippen LogP contribution in [0.15, 0.2) is 24.1 Å². The molecule has 0 aromatic heterocycles. The van der Waals surface area contributed by atoms with Crippen LogP contribution in [0.2, 0.25) is 0 Å². The van der Waals surface area contributed by atoms with E-state index in [0.717, 1.165) is 0 Å². The molecule has 0 radical (unpaired) electrons. The van der Waals surface area contributed by atoms with E-state index in [1.54, 1.807) is 6.08 Å². The second-order valence-electron chi connectivity index (χ2n) is 1.79. The van der Waals surface area contributed by atoms with Crippen molar-refractivity contribution in [2.45, 2.75) is 19.8 Å². The van der Waals surface area contributed by atoms with E-state index in [2.05, 4.69) is 18.9 Å². The first-order valence-corrected chi connectivity index (χ1v) is 4.36. The molecule has 0 aromatic carbocycles. The van der Waals surface area contributed by atoms with E-state index in [-0.39, 0.29) is 0 Å². The van der Waals surface area contributed by atoms with Gasteiger partial charge in [-0.2, -0.15) is 0 Å². The van der Waals surface area contributed by atoms with Crippen LogP contribution in [0.1, 0.15) is 19.8 Å². The van der Waals surface area contributed by atoms with Gasteiger partial charge in [0.25, 0.3) is 0 Å². The summed E-state index contributed by atoms with van der Waals surface area (Å²) in [6.45, 7) is 5.78. The van der Waals surface area contributed by atoms with Gasteiger partial charge < -0.3 is 0 Å². The van der Waals surface area contributed by atoms with Crippen LogP contribution < -0.4 is 0 Å². The lowest BCUT2D eigenvalue weighted by Crippen LogP contribution is -1.71. The maximum atomic E-state index is 3.58. The molecule has 0 rings (SSSR count). The van der Waals surface area contributed by atoms with Crippen molar-refractivity contribution >= 4 is 11.8 Å². The van der Waals surface area contributed by atoms with E-state index in [9.17, 15) is 0 Å². The van der Waals surface area contributed by atoms with Gasteiger partial charge in [-0.25, -0.2) is 0 Å². The topological polar surface area (TPSA) is 0 Å². The molecular formula is C8H14S. The number of unbranched alkanes of at least 4 members (excludes halogenated alkanes) is 1. The maximum absolute atomic E-state index is 3.58. The van der Waals surface area contributed by atoms with E-state index >= 15 is 0 Å². The van der Waals surface area contributed by atoms with Crippen LogP contribution in [0.5, 0.6) is 0 Å². The first kappa shape index (κ1) is 8.83. The molecule has 0 aliphatic rings. The molecule has 52 valence electrons. The SMILES string of the molecule is C=C/C=C/SCCCC. The molecule has 9 heavy (non-hydrogen) atoms. The first-order chi connectivity index (χ1) is 4.41. The third kappa shape index (κ3) is 7.83. The molecule has 0 saturated heterocycles. The number of hydrogen-bond acceptors (Lipinski definition) is 1. The van der Waals surface area contributed by atoms with Crippen molar-refractivity contribution < 1.29 is 0 Å². The van der Waals surface area contributed by atoms with Gasteiger partial charge in [-0.3, -0.25) is 0 Å². The molecule has 0 aromatic rings. The number of hydrogen-bond donors (Lipinski definition) is 0. The van der Waals surface area contributed by atoms with Crippen LogP contribution in [-0.4, -0.2) is 5.75 Å². The summed E-state index contributed by atoms with van der Waals surface area (Å²) >= 11 is 1.85. The molecule has 0 unspecified atom stereocenters. The highest BCUT2D eigenvalue weighted by atomic mass is 32.2. The standard InChI is InChI=1S/C8H14S/c1-3-5-7-9-8-6-4-2/h3,5,7H,1,4,6,8H2,2H3/b7-5+. The predicted molar refractivity (Wildman–Crippen MR) is 46.7 cm³/mol. The Kier molecular flexibility index (Phi) is 7.68. The predicted octanol–water partition coefficient (Wildman–Crippen LogP) is 3.22. The molecule has 0 atom stereocenters. The summed E-state index contributed by atoms with van der Waals surface area (Å²) in [5, 5.41) is 2.09. The number of allylic oxidation sites excluding steroid dienone is 2. The summed E-state index contributed by atoms with van der Waals surface area (Å²) in [4.78, 5) is 0. The van der Waals surface area contributed by atoms with Gasteiger partial charge in [0.05, 0.1) is 0 Å². The van der Waals surface area contributed by atoms with E-state index < -0.39 is 0 Å². The van der Waals surface area contributed by atoms with Gasteiger partial charge in [-0.05, 0) is 17.6 Å². The van der Waals surface area contributed by atoms with E-state index in [4.69, 9.17) is 0 Å². The van der Waals surface area contributed by atoms with Crippen LogP contribution in [0.4, 0.5) is 0 Å². The van der Waals surface area contributed by atoms with E-state index in [1.807, 2.05) is 17.8 Å². The Bertz CT molecular complexity index is 84.6. The number of rotatable bonds is 5. The first-order valence-electron chi connectivity index (χ1n) is 3.31. The minimum absolute atomic E-state index is 1.24. The van der Waals surface area contributed by atoms with Gasteiger partial charge in [0.15, 0.2) is 0 Å². The zero-order valence-corrected chi connectivity index (χ0v) is 6.79. The average molecular weight is 142 g/mol. The van der Waals surface area contributed by atoms with Crippen molar-refractivity contribution in [2.24, 2.45) is 0 Å². The Morgan fingerprint density at radius 2 is 2.33 bits per heavy atom. The highest BCUT2D eigenvalue weighted by Gasteiger charge is 1.79. The van der Waals surface area contributed by atoms with Crippen LogP contribution in [0.3, 0.4) is 0 Å². The lowest BCUT2D eigenvalue weighted by molar-refractivity contribution is 0.898. The summed E-state index contributed by atoms with van der Waals surface area (Å²) in [7, 11) is 0. The highest BCUT2D eigenvalue weighted by Crippen LogP contribution is 2.04. The molecule has 1 heteroatoms. The van der Waals surface area contributed by atoms with Crippen LogP contribution in [0.25, 0.3) is 0 Å². The van der Waals surface area contributed by atoms with Crippen molar-refractivity contribution in [3.8, 4) is 0 Å². The molecule has 0 aliphatic carbocycles. The molecule has 0 aliphatic heterocycles. The van der Waals surface area contributed by atoms with Gasteiger partial charge in [0.1, 0.15) is 0 Å². The Balaban J connectivity index is 2.90. The largest absolute Gasteiger partial charge is 0.134 e. The van der Waals surface area contributed by atoms with Crippen LogP contribution in [0, 0.1) is 0 Å². The normalized spacial score (nSPS) is 10.3. The third-order valence-corrected chi connectivity index (χ3v) is 1.80. The zero-order chi connectivity index (χ0) is 6.95. The van der Waals surface area contributed by atoms with Crippen LogP contribution >= 0.6 is 11.8 Å². The molecule has 0 bridgehead atoms. The van der Waals surface area contributed by atoms with Crippen molar-refractivity contribution in [3.63, 3.8) is 0 Å². The molecule has 0 fully saturated rings. The second kappa shape index (κ2) is 7.83. The Labute approximate surface area is 62.0 Å². The summed E-state index contributed by atoms with van der Waals surface area (Å²) in [5.41, 5.74) is 0. The van der Waals surface area contributed by atoms with Gasteiger partial charge in [0.2, 0.25) is 0 Å². The Morgan fingerprint density at radius 1 is 1.56 bits per heavy atom. The summed E-state index contributed by atoms with van der Waals surface area (Å²) in [6, 6.07) is 0. The van der Waals surface area contributed by atoms with Gasteiger partial charge >= 0.3 is 0 Å². The summed E-state index contributed by atoms with van der Waals surface area (Å²) < 4.78 is 0. The van der Waals surface area contributed by atoms with Gasteiger partial charge in [-0.15, -0.1) is 11.8 Å². The lowest BCUT2D eigenvalue weighted by Gasteiger charge is -1.89. The molecule has 0 saturated carbocycles. The Morgan fingerprint density at radius 3 is 2.89 bits per heavy atom. The van der Waals surface area contributed by atoms with Crippen molar-refractivity contribution in [3.05, 3.63) is 24.1 Å². The fraction of sp³-hybridized carbons (Fsp3) is 0.500. The van der Waals surface area contributed by atoms with Gasteiger partial charge in [-0.1, -0.05) is 32.1 Å². The molecule has 0 spiro atoms. The molecule has 0 amide bonds. The second-order valence-corrected chi connectivity index (χ2v) is 2.80. The molecule has 0 nitrogen and oxygen atoms in total. The van der Waals surface area contributed by atoms with Crippen LogP contribution in [-0.2, 0) is 0 Å². The lowest BCUT2D eigenvalue weighted by atomic mass is 10.4. The number of thioether (sulfide) groups is 1. The van der Waals surface area contributed by atoms with Crippen molar-refractivity contribution in [1.29, 1.82) is 0 Å². The fourth-order valence-electron chi connectivity index (χ4n) is 0.407. The summed E-state index contributed by atoms with van der Waals surface area (Å²) in [6.07, 6.45) is 6.38. The quantitative estimate of drug-likeness (QED) is 0.419. The fourth-order valence-corrected chi connectivity index (χ4v) is 1.22.